The van der Waals surface area contributed by atoms with Crippen molar-refractivity contribution in [1.82, 2.24) is 0 Å². The molecule has 462 valence electrons. The number of esters is 3. The molecule has 6 nitrogen and oxygen atoms in total. The van der Waals surface area contributed by atoms with Gasteiger partial charge in [-0.3, -0.25) is 14.4 Å². The maximum atomic E-state index is 12.9. The lowest BCUT2D eigenvalue weighted by molar-refractivity contribution is -0.167. The molecular formula is C76H122O6. The minimum Gasteiger partial charge on any atom is -0.462 e. The van der Waals surface area contributed by atoms with E-state index >= 15 is 0 Å². The van der Waals surface area contributed by atoms with Crippen LogP contribution < -0.4 is 0 Å². The highest BCUT2D eigenvalue weighted by Gasteiger charge is 2.19. The maximum Gasteiger partial charge on any atom is 0.306 e. The number of hydrogen-bond donors (Lipinski definition) is 0. The van der Waals surface area contributed by atoms with Gasteiger partial charge >= 0.3 is 17.9 Å². The van der Waals surface area contributed by atoms with Crippen molar-refractivity contribution in [2.75, 3.05) is 13.2 Å². The van der Waals surface area contributed by atoms with Crippen LogP contribution in [-0.4, -0.2) is 37.2 Å². The van der Waals surface area contributed by atoms with Crippen LogP contribution >= 0.6 is 0 Å². The minimum absolute atomic E-state index is 0.104. The Labute approximate surface area is 505 Å². The van der Waals surface area contributed by atoms with E-state index in [0.29, 0.717) is 12.8 Å². The predicted octanol–water partition coefficient (Wildman–Crippen LogP) is 23.3. The summed E-state index contributed by atoms with van der Waals surface area (Å²) in [7, 11) is 0. The van der Waals surface area contributed by atoms with E-state index in [-0.39, 0.29) is 37.5 Å². The lowest BCUT2D eigenvalue weighted by atomic mass is 10.0. The van der Waals surface area contributed by atoms with E-state index in [1.807, 2.05) is 0 Å². The predicted molar refractivity (Wildman–Crippen MR) is 357 cm³/mol. The molecule has 0 rings (SSSR count). The van der Waals surface area contributed by atoms with Crippen molar-refractivity contribution < 1.29 is 28.6 Å². The SMILES string of the molecule is CC/C=C\C/C=C\C/C=C\C/C=C\C/C=C\C/C=C\C/C=C\CCCCCC(=O)OCC(COC(=O)CCCCCCCCCCCCCCCCCC)OC(=O)CCCCCC/C=C\C/C=C\C/C=C\C/C=C\C/C=C\C/C=C\CC. The number of carbonyl (C=O) groups is 3. The van der Waals surface area contributed by atoms with Gasteiger partial charge in [0.2, 0.25) is 0 Å². The van der Waals surface area contributed by atoms with Gasteiger partial charge in [0.15, 0.2) is 6.10 Å². The van der Waals surface area contributed by atoms with Crippen LogP contribution in [0.25, 0.3) is 0 Å². The molecule has 0 saturated heterocycles. The monoisotopic (exact) mass is 1130 g/mol. The largest absolute Gasteiger partial charge is 0.462 e. The molecule has 0 amide bonds. The highest BCUT2D eigenvalue weighted by atomic mass is 16.6. The third-order valence-corrected chi connectivity index (χ3v) is 13.8. The highest BCUT2D eigenvalue weighted by molar-refractivity contribution is 5.71. The second-order valence-electron chi connectivity index (χ2n) is 21.6. The van der Waals surface area contributed by atoms with Crippen molar-refractivity contribution in [1.29, 1.82) is 0 Å². The summed E-state index contributed by atoms with van der Waals surface area (Å²) in [6.45, 7) is 6.38. The second-order valence-corrected chi connectivity index (χ2v) is 21.6. The van der Waals surface area contributed by atoms with Crippen LogP contribution in [0, 0.1) is 0 Å². The van der Waals surface area contributed by atoms with Gasteiger partial charge in [-0.15, -0.1) is 0 Å². The van der Waals surface area contributed by atoms with Crippen LogP contribution in [-0.2, 0) is 28.6 Å². The Balaban J connectivity index is 4.52. The fourth-order valence-corrected chi connectivity index (χ4v) is 8.84. The van der Waals surface area contributed by atoms with Crippen LogP contribution in [0.1, 0.15) is 284 Å². The van der Waals surface area contributed by atoms with Crippen molar-refractivity contribution in [3.8, 4) is 0 Å². The Hall–Kier alpha value is -4.97. The Kier molecular flexibility index (Phi) is 64.4. The van der Waals surface area contributed by atoms with E-state index < -0.39 is 6.10 Å². The zero-order valence-electron chi connectivity index (χ0n) is 52.9. The summed E-state index contributed by atoms with van der Waals surface area (Å²) < 4.78 is 16.9. The van der Waals surface area contributed by atoms with Gasteiger partial charge in [-0.05, 0) is 128 Å². The maximum absolute atomic E-state index is 12.9. The molecule has 0 spiro atoms. The molecule has 0 N–H and O–H groups in total. The molecular weight excluding hydrogens is 1010 g/mol. The lowest BCUT2D eigenvalue weighted by Gasteiger charge is -2.18. The number of ether oxygens (including phenoxy) is 3. The van der Waals surface area contributed by atoms with E-state index in [1.54, 1.807) is 0 Å². The number of carbonyl (C=O) groups excluding carboxylic acids is 3. The van der Waals surface area contributed by atoms with E-state index in [9.17, 15) is 14.4 Å². The number of unbranched alkanes of at least 4 members (excludes halogenated alkanes) is 22. The molecule has 0 aromatic heterocycles. The van der Waals surface area contributed by atoms with Crippen molar-refractivity contribution in [3.05, 3.63) is 158 Å². The van der Waals surface area contributed by atoms with E-state index in [0.717, 1.165) is 161 Å². The van der Waals surface area contributed by atoms with Gasteiger partial charge in [0.25, 0.3) is 0 Å². The van der Waals surface area contributed by atoms with Crippen molar-refractivity contribution in [2.45, 2.75) is 290 Å². The third-order valence-electron chi connectivity index (χ3n) is 13.8. The number of allylic oxidation sites excluding steroid dienone is 26. The standard InChI is InChI=1S/C76H122O6/c1-4-7-10-13-16-19-22-25-28-31-33-35-37-38-40-41-43-45-48-51-54-57-60-63-66-69-75(78)81-72-73(71-80-74(77)68-65-62-59-56-53-50-47-30-27-24-21-18-15-12-9-6-3)82-76(79)70-67-64-61-58-55-52-49-46-44-42-39-36-34-32-29-26-23-20-17-14-11-8-5-2/h7-8,10-11,16-17,19-20,25-26,28-29,33-36,38,40,42-45,49,51-52,54,73H,4-6,9,12-15,18,21-24,27,30-32,37,39,41,46-48,50,53,55-72H2,1-3H3/b10-7-,11-8-,19-16-,20-17-,28-25-,29-26-,35-33-,36-34-,40-38-,44-42-,45-43-,52-49-,54-51-. The smallest absolute Gasteiger partial charge is 0.306 e. The van der Waals surface area contributed by atoms with Crippen LogP contribution in [0.15, 0.2) is 158 Å². The van der Waals surface area contributed by atoms with Crippen LogP contribution in [0.2, 0.25) is 0 Å². The average Bonchev–Trinajstić information content (AvgIpc) is 3.47. The molecule has 0 aliphatic heterocycles. The molecule has 82 heavy (non-hydrogen) atoms. The lowest BCUT2D eigenvalue weighted by Crippen LogP contribution is -2.30. The Morgan fingerprint density at radius 2 is 0.476 bits per heavy atom. The van der Waals surface area contributed by atoms with Crippen molar-refractivity contribution in [2.24, 2.45) is 0 Å². The molecule has 0 fully saturated rings. The summed E-state index contributed by atoms with van der Waals surface area (Å²) in [5, 5.41) is 0. The molecule has 1 atom stereocenters. The molecule has 0 aromatic rings. The Morgan fingerprint density at radius 1 is 0.256 bits per heavy atom. The fourth-order valence-electron chi connectivity index (χ4n) is 8.84. The molecule has 0 bridgehead atoms. The van der Waals surface area contributed by atoms with E-state index in [4.69, 9.17) is 14.2 Å². The second kappa shape index (κ2) is 68.5. The molecule has 0 aromatic carbocycles. The summed E-state index contributed by atoms with van der Waals surface area (Å²) >= 11 is 0. The quantitative estimate of drug-likeness (QED) is 0.0261. The topological polar surface area (TPSA) is 78.9 Å². The van der Waals surface area contributed by atoms with Gasteiger partial charge in [-0.1, -0.05) is 294 Å². The molecule has 0 saturated carbocycles. The summed E-state index contributed by atoms with van der Waals surface area (Å²) in [5.74, 6) is -0.961. The summed E-state index contributed by atoms with van der Waals surface area (Å²) in [5.41, 5.74) is 0. The minimum atomic E-state index is -0.814. The van der Waals surface area contributed by atoms with Gasteiger partial charge in [-0.25, -0.2) is 0 Å². The average molecular weight is 1130 g/mol. The first-order chi connectivity index (χ1) is 40.5. The van der Waals surface area contributed by atoms with Crippen LogP contribution in [0.5, 0.6) is 0 Å². The zero-order valence-corrected chi connectivity index (χ0v) is 52.9. The van der Waals surface area contributed by atoms with Gasteiger partial charge in [0.05, 0.1) is 0 Å². The molecule has 1 unspecified atom stereocenters. The van der Waals surface area contributed by atoms with Crippen LogP contribution in [0.3, 0.4) is 0 Å². The van der Waals surface area contributed by atoms with E-state index in [1.165, 1.54) is 83.5 Å². The van der Waals surface area contributed by atoms with Crippen molar-refractivity contribution >= 4 is 17.9 Å². The first-order valence-corrected chi connectivity index (χ1v) is 33.5. The molecule has 0 radical (unpaired) electrons. The normalized spacial score (nSPS) is 13.2. The molecule has 6 heteroatoms. The third kappa shape index (κ3) is 65.8. The highest BCUT2D eigenvalue weighted by Crippen LogP contribution is 2.16. The van der Waals surface area contributed by atoms with Crippen molar-refractivity contribution in [3.63, 3.8) is 0 Å². The fraction of sp³-hybridized carbons (Fsp3) is 0.618. The molecule has 0 aliphatic carbocycles. The summed E-state index contributed by atoms with van der Waals surface area (Å²) in [6, 6.07) is 0. The first kappa shape index (κ1) is 77.0. The number of rotatable bonds is 59. The molecule has 0 aliphatic rings. The Bertz CT molecular complexity index is 1830. The summed E-state index contributed by atoms with van der Waals surface area (Å²) in [6.07, 6.45) is 99.6. The zero-order chi connectivity index (χ0) is 59.2. The molecule has 0 heterocycles. The number of hydrogen-bond acceptors (Lipinski definition) is 6. The van der Waals surface area contributed by atoms with Gasteiger partial charge in [0, 0.05) is 19.3 Å². The van der Waals surface area contributed by atoms with Gasteiger partial charge in [0.1, 0.15) is 13.2 Å². The summed E-state index contributed by atoms with van der Waals surface area (Å²) in [4.78, 5) is 38.4. The van der Waals surface area contributed by atoms with E-state index in [2.05, 4.69) is 179 Å². The Morgan fingerprint density at radius 3 is 0.756 bits per heavy atom. The van der Waals surface area contributed by atoms with Crippen LogP contribution in [0.4, 0.5) is 0 Å². The van der Waals surface area contributed by atoms with Gasteiger partial charge < -0.3 is 14.2 Å². The van der Waals surface area contributed by atoms with Gasteiger partial charge in [-0.2, -0.15) is 0 Å². The first-order valence-electron chi connectivity index (χ1n) is 33.5.